The Hall–Kier alpha value is -1.95. The Morgan fingerprint density at radius 2 is 1.88 bits per heavy atom. The molecule has 0 unspecified atom stereocenters. The Morgan fingerprint density at radius 3 is 2.58 bits per heavy atom. The van der Waals surface area contributed by atoms with E-state index >= 15 is 0 Å². The molecule has 2 saturated heterocycles. The number of piperidine rings is 1. The SMILES string of the molecule is Fc1cccc(N2CCCC2)c1CN1CCC(n2cncn2)CC1. The number of nitrogens with zero attached hydrogens (tertiary/aromatic N) is 5. The lowest BCUT2D eigenvalue weighted by atomic mass is 10.0. The molecule has 128 valence electrons. The fourth-order valence-corrected chi connectivity index (χ4v) is 3.93. The number of aromatic nitrogens is 3. The number of halogens is 1. The van der Waals surface area contributed by atoms with E-state index in [1.165, 1.54) is 12.8 Å². The highest BCUT2D eigenvalue weighted by Gasteiger charge is 2.24. The molecule has 0 amide bonds. The van der Waals surface area contributed by atoms with Crippen molar-refractivity contribution < 1.29 is 4.39 Å². The van der Waals surface area contributed by atoms with E-state index in [-0.39, 0.29) is 5.82 Å². The average molecular weight is 329 g/mol. The molecular weight excluding hydrogens is 305 g/mol. The summed E-state index contributed by atoms with van der Waals surface area (Å²) >= 11 is 0. The maximum atomic E-state index is 14.5. The van der Waals surface area contributed by atoms with Crippen LogP contribution in [0.2, 0.25) is 0 Å². The number of hydrogen-bond acceptors (Lipinski definition) is 4. The van der Waals surface area contributed by atoms with Gasteiger partial charge in [0, 0.05) is 44.0 Å². The van der Waals surface area contributed by atoms with Gasteiger partial charge >= 0.3 is 0 Å². The van der Waals surface area contributed by atoms with Gasteiger partial charge in [0.25, 0.3) is 0 Å². The zero-order chi connectivity index (χ0) is 16.4. The Labute approximate surface area is 142 Å². The summed E-state index contributed by atoms with van der Waals surface area (Å²) in [7, 11) is 0. The summed E-state index contributed by atoms with van der Waals surface area (Å²) in [5, 5.41) is 4.25. The molecule has 3 heterocycles. The van der Waals surface area contributed by atoms with Crippen molar-refractivity contribution in [3.05, 3.63) is 42.2 Å². The van der Waals surface area contributed by atoms with Gasteiger partial charge in [0.05, 0.1) is 6.04 Å². The highest BCUT2D eigenvalue weighted by atomic mass is 19.1. The number of hydrogen-bond donors (Lipinski definition) is 0. The van der Waals surface area contributed by atoms with Gasteiger partial charge in [-0.2, -0.15) is 5.10 Å². The van der Waals surface area contributed by atoms with Crippen LogP contribution in [-0.4, -0.2) is 45.8 Å². The molecular formula is C18H24FN5. The molecule has 0 N–H and O–H groups in total. The first-order chi connectivity index (χ1) is 11.8. The summed E-state index contributed by atoms with van der Waals surface area (Å²) in [6.45, 7) is 4.73. The molecule has 1 aromatic heterocycles. The van der Waals surface area contributed by atoms with Gasteiger partial charge in [-0.05, 0) is 37.8 Å². The first-order valence-electron chi connectivity index (χ1n) is 8.90. The molecule has 2 aliphatic rings. The van der Waals surface area contributed by atoms with Gasteiger partial charge < -0.3 is 4.90 Å². The van der Waals surface area contributed by atoms with Crippen LogP contribution >= 0.6 is 0 Å². The van der Waals surface area contributed by atoms with Gasteiger partial charge in [-0.1, -0.05) is 6.07 Å². The van der Waals surface area contributed by atoms with Crippen LogP contribution in [0.1, 0.15) is 37.3 Å². The minimum atomic E-state index is -0.0715. The largest absolute Gasteiger partial charge is 0.371 e. The van der Waals surface area contributed by atoms with Gasteiger partial charge in [-0.3, -0.25) is 4.90 Å². The van der Waals surface area contributed by atoms with Crippen LogP contribution in [0, 0.1) is 5.82 Å². The lowest BCUT2D eigenvalue weighted by molar-refractivity contribution is 0.171. The molecule has 5 nitrogen and oxygen atoms in total. The molecule has 2 aliphatic heterocycles. The quantitative estimate of drug-likeness (QED) is 0.864. The monoisotopic (exact) mass is 329 g/mol. The van der Waals surface area contributed by atoms with Gasteiger partial charge in [0.15, 0.2) is 0 Å². The lowest BCUT2D eigenvalue weighted by Crippen LogP contribution is -2.35. The Morgan fingerprint density at radius 1 is 1.08 bits per heavy atom. The fraction of sp³-hybridized carbons (Fsp3) is 0.556. The van der Waals surface area contributed by atoms with Crippen molar-refractivity contribution >= 4 is 5.69 Å². The Balaban J connectivity index is 1.44. The van der Waals surface area contributed by atoms with Crippen molar-refractivity contribution in [2.24, 2.45) is 0 Å². The molecule has 2 fully saturated rings. The van der Waals surface area contributed by atoms with Crippen LogP contribution in [0.3, 0.4) is 0 Å². The van der Waals surface area contributed by atoms with E-state index in [4.69, 9.17) is 0 Å². The number of benzene rings is 1. The highest BCUT2D eigenvalue weighted by molar-refractivity contribution is 5.54. The summed E-state index contributed by atoms with van der Waals surface area (Å²) in [5.74, 6) is -0.0715. The van der Waals surface area contributed by atoms with E-state index < -0.39 is 0 Å². The minimum absolute atomic E-state index is 0.0715. The molecule has 0 aliphatic carbocycles. The Kier molecular flexibility index (Phi) is 4.47. The number of anilines is 1. The predicted octanol–water partition coefficient (Wildman–Crippen LogP) is 2.85. The fourth-order valence-electron chi connectivity index (χ4n) is 3.93. The highest BCUT2D eigenvalue weighted by Crippen LogP contribution is 2.29. The van der Waals surface area contributed by atoms with Gasteiger partial charge in [-0.15, -0.1) is 0 Å². The third kappa shape index (κ3) is 3.15. The first-order valence-corrected chi connectivity index (χ1v) is 8.90. The normalized spacial score (nSPS) is 20.0. The second kappa shape index (κ2) is 6.89. The number of likely N-dealkylation sites (tertiary alicyclic amines) is 1. The molecule has 4 rings (SSSR count). The summed E-state index contributed by atoms with van der Waals surface area (Å²) in [4.78, 5) is 8.73. The van der Waals surface area contributed by atoms with Crippen LogP contribution < -0.4 is 4.90 Å². The standard InChI is InChI=1S/C18H24FN5/c19-17-4-3-5-18(23-8-1-2-9-23)16(17)12-22-10-6-15(7-11-22)24-14-20-13-21-24/h3-5,13-15H,1-2,6-12H2. The summed E-state index contributed by atoms with van der Waals surface area (Å²) in [5.41, 5.74) is 1.95. The Bertz CT molecular complexity index is 658. The minimum Gasteiger partial charge on any atom is -0.371 e. The number of rotatable bonds is 4. The van der Waals surface area contributed by atoms with Crippen molar-refractivity contribution in [3.8, 4) is 0 Å². The van der Waals surface area contributed by atoms with E-state index in [2.05, 4.69) is 25.9 Å². The van der Waals surface area contributed by atoms with Crippen molar-refractivity contribution in [1.29, 1.82) is 0 Å². The smallest absolute Gasteiger partial charge is 0.137 e. The molecule has 6 heteroatoms. The van der Waals surface area contributed by atoms with Gasteiger partial charge in [0.2, 0.25) is 0 Å². The van der Waals surface area contributed by atoms with Crippen LogP contribution in [0.5, 0.6) is 0 Å². The maximum absolute atomic E-state index is 14.5. The third-order valence-electron chi connectivity index (χ3n) is 5.29. The van der Waals surface area contributed by atoms with Crippen molar-refractivity contribution in [2.75, 3.05) is 31.1 Å². The van der Waals surface area contributed by atoms with E-state index in [0.29, 0.717) is 12.6 Å². The molecule has 2 aromatic rings. The predicted molar refractivity (Wildman–Crippen MR) is 91.4 cm³/mol. The summed E-state index contributed by atoms with van der Waals surface area (Å²) < 4.78 is 16.4. The average Bonchev–Trinajstić information content (AvgIpc) is 3.31. The molecule has 1 aromatic carbocycles. The van der Waals surface area contributed by atoms with Crippen LogP contribution in [0.4, 0.5) is 10.1 Å². The van der Waals surface area contributed by atoms with Crippen LogP contribution in [-0.2, 0) is 6.54 Å². The molecule has 0 radical (unpaired) electrons. The molecule has 0 atom stereocenters. The zero-order valence-electron chi connectivity index (χ0n) is 13.9. The van der Waals surface area contributed by atoms with Crippen molar-refractivity contribution in [3.63, 3.8) is 0 Å². The van der Waals surface area contributed by atoms with E-state index in [1.54, 1.807) is 18.7 Å². The molecule has 0 spiro atoms. The van der Waals surface area contributed by atoms with Crippen molar-refractivity contribution in [2.45, 2.75) is 38.3 Å². The van der Waals surface area contributed by atoms with Crippen molar-refractivity contribution in [1.82, 2.24) is 19.7 Å². The first kappa shape index (κ1) is 15.6. The summed E-state index contributed by atoms with van der Waals surface area (Å²) in [6.07, 6.45) is 7.88. The van der Waals surface area contributed by atoms with Crippen LogP contribution in [0.25, 0.3) is 0 Å². The second-order valence-electron chi connectivity index (χ2n) is 6.81. The summed E-state index contributed by atoms with van der Waals surface area (Å²) in [6, 6.07) is 5.93. The lowest BCUT2D eigenvalue weighted by Gasteiger charge is -2.33. The second-order valence-corrected chi connectivity index (χ2v) is 6.81. The van der Waals surface area contributed by atoms with Gasteiger partial charge in [-0.25, -0.2) is 14.1 Å². The molecule has 0 saturated carbocycles. The van der Waals surface area contributed by atoms with Crippen LogP contribution in [0.15, 0.2) is 30.9 Å². The molecule has 24 heavy (non-hydrogen) atoms. The van der Waals surface area contributed by atoms with E-state index in [9.17, 15) is 4.39 Å². The van der Waals surface area contributed by atoms with Gasteiger partial charge in [0.1, 0.15) is 18.5 Å². The zero-order valence-corrected chi connectivity index (χ0v) is 13.9. The third-order valence-corrected chi connectivity index (χ3v) is 5.29. The maximum Gasteiger partial charge on any atom is 0.137 e. The molecule has 0 bridgehead atoms. The topological polar surface area (TPSA) is 37.2 Å². The van der Waals surface area contributed by atoms with E-state index in [0.717, 1.165) is 50.3 Å². The van der Waals surface area contributed by atoms with E-state index in [1.807, 2.05) is 10.7 Å².